The van der Waals surface area contributed by atoms with Gasteiger partial charge in [0.2, 0.25) is 5.95 Å². The molecule has 0 fully saturated rings. The number of nitrogens with two attached hydrogens (primary N) is 1. The van der Waals surface area contributed by atoms with Gasteiger partial charge in [0.15, 0.2) is 0 Å². The van der Waals surface area contributed by atoms with Crippen molar-refractivity contribution in [2.45, 2.75) is 25.7 Å². The van der Waals surface area contributed by atoms with Gasteiger partial charge in [0.1, 0.15) is 30.2 Å². The van der Waals surface area contributed by atoms with Crippen molar-refractivity contribution in [2.24, 2.45) is 0 Å². The number of hydrogen-bond donors (Lipinski definition) is 2. The van der Waals surface area contributed by atoms with Crippen molar-refractivity contribution in [3.05, 3.63) is 131 Å². The van der Waals surface area contributed by atoms with Crippen LogP contribution in [-0.4, -0.2) is 64.8 Å². The number of aromatic nitrogens is 4. The second-order valence-corrected chi connectivity index (χ2v) is 11.0. The molecule has 5 rings (SSSR count). The van der Waals surface area contributed by atoms with Gasteiger partial charge in [-0.15, -0.1) is 0 Å². The molecule has 0 radical (unpaired) electrons. The van der Waals surface area contributed by atoms with E-state index in [-0.39, 0.29) is 52.7 Å². The van der Waals surface area contributed by atoms with Crippen LogP contribution in [0.15, 0.2) is 91.8 Å². The number of carbonyl (C=O) groups is 2. The van der Waals surface area contributed by atoms with E-state index in [0.29, 0.717) is 16.9 Å². The van der Waals surface area contributed by atoms with Crippen LogP contribution in [0.3, 0.4) is 0 Å². The molecule has 12 nitrogen and oxygen atoms in total. The summed E-state index contributed by atoms with van der Waals surface area (Å²) >= 11 is 0. The van der Waals surface area contributed by atoms with Crippen molar-refractivity contribution in [2.75, 3.05) is 19.5 Å². The lowest BCUT2D eigenvalue weighted by molar-refractivity contribution is -0.0507. The van der Waals surface area contributed by atoms with Gasteiger partial charge >= 0.3 is 19.2 Å². The molecule has 3 N–H and O–H groups in total. The highest BCUT2D eigenvalue weighted by Gasteiger charge is 2.21. The van der Waals surface area contributed by atoms with Gasteiger partial charge in [-0.1, -0.05) is 35.8 Å². The summed E-state index contributed by atoms with van der Waals surface area (Å²) in [5.41, 5.74) is 6.89. The number of hydrogen-bond acceptors (Lipinski definition) is 11. The molecule has 0 aliphatic rings. The molecule has 1 atom stereocenters. The number of ether oxygens (including phenoxy) is 4. The monoisotopic (exact) mass is 740 g/mol. The summed E-state index contributed by atoms with van der Waals surface area (Å²) in [6, 6.07) is 13.5. The van der Waals surface area contributed by atoms with Crippen molar-refractivity contribution in [1.82, 2.24) is 25.3 Å². The fourth-order valence-electron chi connectivity index (χ4n) is 4.69. The van der Waals surface area contributed by atoms with Crippen LogP contribution >= 0.6 is 0 Å². The summed E-state index contributed by atoms with van der Waals surface area (Å²) in [7, 11) is 1.51. The van der Waals surface area contributed by atoms with Crippen LogP contribution in [0.1, 0.15) is 48.5 Å². The summed E-state index contributed by atoms with van der Waals surface area (Å²) < 4.78 is 72.6. The van der Waals surface area contributed by atoms with Crippen LogP contribution in [0, 0.1) is 23.7 Å². The maximum absolute atomic E-state index is 13.6. The number of amides is 1. The average molecular weight is 741 g/mol. The van der Waals surface area contributed by atoms with Crippen molar-refractivity contribution in [1.29, 1.82) is 0 Å². The lowest BCUT2D eigenvalue weighted by atomic mass is 10.0. The second kappa shape index (κ2) is 18.3. The van der Waals surface area contributed by atoms with E-state index in [9.17, 15) is 27.2 Å². The third kappa shape index (κ3) is 11.1. The predicted molar refractivity (Wildman–Crippen MR) is 185 cm³/mol. The summed E-state index contributed by atoms with van der Waals surface area (Å²) in [5.74, 6) is 9.38. The summed E-state index contributed by atoms with van der Waals surface area (Å²) in [6.45, 7) is -6.66. The van der Waals surface area contributed by atoms with E-state index in [1.165, 1.54) is 68.6 Å². The van der Waals surface area contributed by atoms with E-state index in [1.807, 2.05) is 0 Å². The minimum atomic E-state index is -3.16. The Morgan fingerprint density at radius 3 is 1.89 bits per heavy atom. The van der Waals surface area contributed by atoms with Crippen LogP contribution in [0.5, 0.6) is 17.2 Å². The zero-order valence-corrected chi connectivity index (χ0v) is 28.1. The molecule has 0 aliphatic carbocycles. The molecule has 0 aliphatic heterocycles. The van der Waals surface area contributed by atoms with E-state index in [0.717, 1.165) is 11.6 Å². The molecule has 0 saturated carbocycles. The molecule has 54 heavy (non-hydrogen) atoms. The van der Waals surface area contributed by atoms with Crippen LogP contribution in [0.2, 0.25) is 0 Å². The number of halogens is 4. The maximum Gasteiger partial charge on any atom is 0.387 e. The van der Waals surface area contributed by atoms with Gasteiger partial charge in [-0.25, -0.2) is 24.7 Å². The highest BCUT2D eigenvalue weighted by atomic mass is 19.3. The van der Waals surface area contributed by atoms with Crippen LogP contribution in [0.4, 0.5) is 23.5 Å². The molecule has 274 valence electrons. The molecule has 2 heterocycles. The standard InChI is InChI=1S/C38H28F4N6O6/c1-51-31-10-4-23(5-11-31)14-30(21-52-35(50)29-9-13-33(54-37(41)42)27(16-29)6-2-24-17-44-22-45-18-24)48-34(49)28-8-12-32(53-36(39)40)26(15-28)7-3-25-19-46-38(43)47-20-25/h4-5,8-13,15-20,22,30,36-37H,14,21H2,1H3,(H,48,49)(H2,43,46,47)/t30-/m0/s1. The summed E-state index contributed by atoms with van der Waals surface area (Å²) in [5, 5.41) is 2.81. The molecule has 3 aromatic carbocycles. The minimum absolute atomic E-state index is 0.0157. The number of anilines is 1. The van der Waals surface area contributed by atoms with E-state index in [2.05, 4.69) is 58.4 Å². The number of rotatable bonds is 12. The molecule has 0 spiro atoms. The molecule has 1 amide bonds. The molecular weight excluding hydrogens is 712 g/mol. The lowest BCUT2D eigenvalue weighted by Gasteiger charge is -2.20. The Kier molecular flexibility index (Phi) is 12.9. The highest BCUT2D eigenvalue weighted by Crippen LogP contribution is 2.24. The SMILES string of the molecule is COc1ccc(C[C@@H](COC(=O)c2ccc(OC(F)F)c(C#Cc3cncnc3)c2)NC(=O)c2ccc(OC(F)F)c(C#Cc3cnc(N)nc3)c2)cc1. The number of esters is 1. The van der Waals surface area contributed by atoms with E-state index in [1.54, 1.807) is 24.3 Å². The molecule has 0 unspecified atom stereocenters. The van der Waals surface area contributed by atoms with Crippen molar-refractivity contribution in [3.8, 4) is 40.9 Å². The van der Waals surface area contributed by atoms with Gasteiger partial charge in [-0.2, -0.15) is 17.6 Å². The van der Waals surface area contributed by atoms with Gasteiger partial charge in [-0.3, -0.25) is 4.79 Å². The van der Waals surface area contributed by atoms with Crippen LogP contribution in [0.25, 0.3) is 0 Å². The number of alkyl halides is 4. The Morgan fingerprint density at radius 1 is 0.759 bits per heavy atom. The van der Waals surface area contributed by atoms with Crippen LogP contribution < -0.4 is 25.3 Å². The van der Waals surface area contributed by atoms with Gasteiger partial charge in [0, 0.05) is 30.4 Å². The molecule has 2 aromatic heterocycles. The van der Waals surface area contributed by atoms with Crippen molar-refractivity contribution < 1.29 is 46.1 Å². The average Bonchev–Trinajstić information content (AvgIpc) is 3.17. The number of nitrogen functional groups attached to an aromatic ring is 1. The molecule has 16 heteroatoms. The molecule has 5 aromatic rings. The Hall–Kier alpha value is -7.20. The van der Waals surface area contributed by atoms with Crippen molar-refractivity contribution in [3.63, 3.8) is 0 Å². The van der Waals surface area contributed by atoms with Gasteiger partial charge in [0.25, 0.3) is 5.91 Å². The first-order valence-electron chi connectivity index (χ1n) is 15.7. The van der Waals surface area contributed by atoms with Gasteiger partial charge in [0.05, 0.1) is 41.0 Å². The third-order valence-corrected chi connectivity index (χ3v) is 7.20. The summed E-state index contributed by atoms with van der Waals surface area (Å²) in [6.07, 6.45) is 6.98. The molecular formula is C38H28F4N6O6. The third-order valence-electron chi connectivity index (χ3n) is 7.20. The number of nitrogens with one attached hydrogen (secondary N) is 1. The Balaban J connectivity index is 1.38. The van der Waals surface area contributed by atoms with E-state index >= 15 is 0 Å². The van der Waals surface area contributed by atoms with Gasteiger partial charge in [-0.05, 0) is 60.5 Å². The Bertz CT molecular complexity index is 2200. The Labute approximate surface area is 305 Å². The van der Waals surface area contributed by atoms with Crippen LogP contribution in [-0.2, 0) is 11.2 Å². The predicted octanol–water partition coefficient (Wildman–Crippen LogP) is 5.06. The van der Waals surface area contributed by atoms with Gasteiger partial charge < -0.3 is 30.0 Å². The topological polar surface area (TPSA) is 161 Å². The Morgan fingerprint density at radius 2 is 1.31 bits per heavy atom. The normalized spacial score (nSPS) is 11.0. The zero-order chi connectivity index (χ0) is 38.5. The largest absolute Gasteiger partial charge is 0.497 e. The number of benzene rings is 3. The van der Waals surface area contributed by atoms with Crippen molar-refractivity contribution >= 4 is 17.8 Å². The first-order chi connectivity index (χ1) is 26.1. The second-order valence-electron chi connectivity index (χ2n) is 11.0. The lowest BCUT2D eigenvalue weighted by Crippen LogP contribution is -2.40. The number of methoxy groups -OCH3 is 1. The molecule has 0 saturated heterocycles. The van der Waals surface area contributed by atoms with E-state index in [4.69, 9.17) is 15.2 Å². The number of nitrogens with zero attached hydrogens (tertiary/aromatic N) is 4. The zero-order valence-electron chi connectivity index (χ0n) is 28.1. The number of carbonyl (C=O) groups excluding carboxylic acids is 2. The maximum atomic E-state index is 13.6. The smallest absolute Gasteiger partial charge is 0.387 e. The quantitative estimate of drug-likeness (QED) is 0.100. The molecule has 0 bridgehead atoms. The first kappa shape index (κ1) is 38.0. The highest BCUT2D eigenvalue weighted by molar-refractivity contribution is 5.95. The fraction of sp³-hybridized carbons (Fsp3) is 0.158. The van der Waals surface area contributed by atoms with E-state index < -0.39 is 31.1 Å². The fourth-order valence-corrected chi connectivity index (χ4v) is 4.69. The summed E-state index contributed by atoms with van der Waals surface area (Å²) in [4.78, 5) is 42.2. The first-order valence-corrected chi connectivity index (χ1v) is 15.7. The minimum Gasteiger partial charge on any atom is -0.497 e.